The van der Waals surface area contributed by atoms with E-state index in [9.17, 15) is 9.18 Å². The number of rotatable bonds is 7. The number of halogens is 1. The maximum absolute atomic E-state index is 13.6. The minimum absolute atomic E-state index is 0.0647. The summed E-state index contributed by atoms with van der Waals surface area (Å²) in [6.45, 7) is 7.17. The van der Waals surface area contributed by atoms with Gasteiger partial charge >= 0.3 is 0 Å². The number of hydrogen-bond donors (Lipinski definition) is 2. The van der Waals surface area contributed by atoms with Crippen LogP contribution in [0.25, 0.3) is 0 Å². The Morgan fingerprint density at radius 2 is 2.16 bits per heavy atom. The van der Waals surface area contributed by atoms with E-state index in [0.29, 0.717) is 25.3 Å². The highest BCUT2D eigenvalue weighted by Crippen LogP contribution is 2.19. The average Bonchev–Trinajstić information content (AvgIpc) is 2.39. The van der Waals surface area contributed by atoms with Crippen LogP contribution in [0.5, 0.6) is 0 Å². The SMILES string of the molecule is CCNc1c(F)cccc1C(=O)NCC(C)OCC. The van der Waals surface area contributed by atoms with Crippen LogP contribution in [0, 0.1) is 5.82 Å². The van der Waals surface area contributed by atoms with Gasteiger partial charge in [0.1, 0.15) is 5.82 Å². The molecule has 0 spiro atoms. The Bertz CT molecular complexity index is 424. The zero-order valence-electron chi connectivity index (χ0n) is 11.6. The van der Waals surface area contributed by atoms with E-state index in [0.717, 1.165) is 0 Å². The smallest absolute Gasteiger partial charge is 0.253 e. The van der Waals surface area contributed by atoms with Crippen molar-refractivity contribution in [2.45, 2.75) is 26.9 Å². The van der Waals surface area contributed by atoms with Gasteiger partial charge in [0, 0.05) is 19.7 Å². The number of nitrogens with one attached hydrogen (secondary N) is 2. The molecule has 1 amide bonds. The van der Waals surface area contributed by atoms with Crippen LogP contribution in [0.15, 0.2) is 18.2 Å². The highest BCUT2D eigenvalue weighted by molar-refractivity contribution is 5.99. The average molecular weight is 268 g/mol. The van der Waals surface area contributed by atoms with Crippen molar-refractivity contribution in [1.82, 2.24) is 5.32 Å². The van der Waals surface area contributed by atoms with Crippen LogP contribution >= 0.6 is 0 Å². The summed E-state index contributed by atoms with van der Waals surface area (Å²) >= 11 is 0. The summed E-state index contributed by atoms with van der Waals surface area (Å²) in [5, 5.41) is 5.61. The Morgan fingerprint density at radius 1 is 1.42 bits per heavy atom. The largest absolute Gasteiger partial charge is 0.382 e. The molecule has 5 heteroatoms. The van der Waals surface area contributed by atoms with Gasteiger partial charge in [-0.15, -0.1) is 0 Å². The van der Waals surface area contributed by atoms with Crippen LogP contribution in [0.1, 0.15) is 31.1 Å². The quantitative estimate of drug-likeness (QED) is 0.798. The maximum Gasteiger partial charge on any atom is 0.253 e. The number of para-hydroxylation sites is 1. The van der Waals surface area contributed by atoms with E-state index in [2.05, 4.69) is 10.6 Å². The van der Waals surface area contributed by atoms with Crippen LogP contribution in [0.4, 0.5) is 10.1 Å². The van der Waals surface area contributed by atoms with Gasteiger partial charge in [0.25, 0.3) is 5.91 Å². The molecule has 1 aromatic rings. The molecule has 1 aromatic carbocycles. The van der Waals surface area contributed by atoms with Gasteiger partial charge in [-0.25, -0.2) is 4.39 Å². The molecule has 0 aliphatic carbocycles. The number of ether oxygens (including phenoxy) is 1. The number of amides is 1. The molecule has 0 saturated carbocycles. The molecule has 1 rings (SSSR count). The van der Waals surface area contributed by atoms with Gasteiger partial charge in [0.2, 0.25) is 0 Å². The molecule has 0 fully saturated rings. The first-order chi connectivity index (χ1) is 9.10. The van der Waals surface area contributed by atoms with E-state index in [1.165, 1.54) is 12.1 Å². The first-order valence-corrected chi connectivity index (χ1v) is 6.52. The standard InChI is InChI=1S/C14H21FN2O2/c1-4-16-13-11(7-6-8-12(13)15)14(18)17-9-10(3)19-5-2/h6-8,10,16H,4-5,9H2,1-3H3,(H,17,18). The molecule has 0 radical (unpaired) electrons. The molecular weight excluding hydrogens is 247 g/mol. The van der Waals surface area contributed by atoms with Crippen molar-refractivity contribution in [3.8, 4) is 0 Å². The van der Waals surface area contributed by atoms with Gasteiger partial charge in [0.05, 0.1) is 17.4 Å². The zero-order valence-corrected chi connectivity index (χ0v) is 11.6. The van der Waals surface area contributed by atoms with E-state index >= 15 is 0 Å². The van der Waals surface area contributed by atoms with Crippen molar-refractivity contribution in [3.63, 3.8) is 0 Å². The van der Waals surface area contributed by atoms with Gasteiger partial charge in [-0.3, -0.25) is 4.79 Å². The van der Waals surface area contributed by atoms with Crippen molar-refractivity contribution >= 4 is 11.6 Å². The number of anilines is 1. The van der Waals surface area contributed by atoms with Crippen LogP contribution in [0.2, 0.25) is 0 Å². The number of carbonyl (C=O) groups is 1. The molecule has 1 unspecified atom stereocenters. The highest BCUT2D eigenvalue weighted by Gasteiger charge is 2.15. The number of carbonyl (C=O) groups excluding carboxylic acids is 1. The monoisotopic (exact) mass is 268 g/mol. The van der Waals surface area contributed by atoms with Crippen molar-refractivity contribution in [2.24, 2.45) is 0 Å². The van der Waals surface area contributed by atoms with Gasteiger partial charge in [-0.1, -0.05) is 6.07 Å². The number of benzene rings is 1. The Hall–Kier alpha value is -1.62. The van der Waals surface area contributed by atoms with E-state index in [-0.39, 0.29) is 17.7 Å². The fourth-order valence-corrected chi connectivity index (χ4v) is 1.74. The predicted octanol–water partition coefficient (Wildman–Crippen LogP) is 2.41. The molecule has 19 heavy (non-hydrogen) atoms. The third kappa shape index (κ3) is 4.52. The molecule has 0 aliphatic rings. The lowest BCUT2D eigenvalue weighted by molar-refractivity contribution is 0.0695. The summed E-state index contributed by atoms with van der Waals surface area (Å²) in [4.78, 5) is 12.0. The molecule has 0 aromatic heterocycles. The third-order valence-electron chi connectivity index (χ3n) is 2.61. The van der Waals surface area contributed by atoms with Crippen LogP contribution in [-0.2, 0) is 4.74 Å². The lowest BCUT2D eigenvalue weighted by Gasteiger charge is -2.15. The molecule has 2 N–H and O–H groups in total. The predicted molar refractivity (Wildman–Crippen MR) is 74.0 cm³/mol. The third-order valence-corrected chi connectivity index (χ3v) is 2.61. The Labute approximate surface area is 113 Å². The van der Waals surface area contributed by atoms with E-state index in [1.54, 1.807) is 6.07 Å². The second-order valence-electron chi connectivity index (χ2n) is 4.17. The molecule has 0 bridgehead atoms. The fraction of sp³-hybridized carbons (Fsp3) is 0.500. The Balaban J connectivity index is 2.73. The van der Waals surface area contributed by atoms with Crippen LogP contribution < -0.4 is 10.6 Å². The van der Waals surface area contributed by atoms with Crippen LogP contribution in [0.3, 0.4) is 0 Å². The topological polar surface area (TPSA) is 50.4 Å². The lowest BCUT2D eigenvalue weighted by atomic mass is 10.1. The van der Waals surface area contributed by atoms with Crippen LogP contribution in [-0.4, -0.2) is 31.7 Å². The molecule has 0 heterocycles. The van der Waals surface area contributed by atoms with Crippen molar-refractivity contribution in [3.05, 3.63) is 29.6 Å². The first kappa shape index (κ1) is 15.4. The summed E-state index contributed by atoms with van der Waals surface area (Å²) in [7, 11) is 0. The second kappa shape index (κ2) is 7.74. The number of hydrogen-bond acceptors (Lipinski definition) is 3. The zero-order chi connectivity index (χ0) is 14.3. The minimum Gasteiger partial charge on any atom is -0.382 e. The van der Waals surface area contributed by atoms with Crippen molar-refractivity contribution in [1.29, 1.82) is 0 Å². The summed E-state index contributed by atoms with van der Waals surface area (Å²) in [5.41, 5.74) is 0.553. The molecule has 0 aliphatic heterocycles. The van der Waals surface area contributed by atoms with Gasteiger partial charge in [0.15, 0.2) is 0 Å². The van der Waals surface area contributed by atoms with E-state index < -0.39 is 5.82 Å². The molecule has 106 valence electrons. The van der Waals surface area contributed by atoms with Gasteiger partial charge < -0.3 is 15.4 Å². The summed E-state index contributed by atoms with van der Waals surface area (Å²) in [5.74, 6) is -0.727. The lowest BCUT2D eigenvalue weighted by Crippen LogP contribution is -2.32. The Kier molecular flexibility index (Phi) is 6.29. The van der Waals surface area contributed by atoms with E-state index in [4.69, 9.17) is 4.74 Å². The van der Waals surface area contributed by atoms with E-state index in [1.807, 2.05) is 20.8 Å². The molecule has 1 atom stereocenters. The maximum atomic E-state index is 13.6. The first-order valence-electron chi connectivity index (χ1n) is 6.52. The molecule has 0 saturated heterocycles. The molecular formula is C14H21FN2O2. The summed E-state index contributed by atoms with van der Waals surface area (Å²) in [6, 6.07) is 4.45. The van der Waals surface area contributed by atoms with Gasteiger partial charge in [-0.2, -0.15) is 0 Å². The molecule has 4 nitrogen and oxygen atoms in total. The summed E-state index contributed by atoms with van der Waals surface area (Å²) in [6.07, 6.45) is -0.0647. The van der Waals surface area contributed by atoms with Crippen molar-refractivity contribution < 1.29 is 13.9 Å². The second-order valence-corrected chi connectivity index (χ2v) is 4.17. The Morgan fingerprint density at radius 3 is 2.79 bits per heavy atom. The minimum atomic E-state index is -0.424. The van der Waals surface area contributed by atoms with Gasteiger partial charge in [-0.05, 0) is 32.9 Å². The normalized spacial score (nSPS) is 12.0. The summed E-state index contributed by atoms with van der Waals surface area (Å²) < 4.78 is 19.0. The fourth-order valence-electron chi connectivity index (χ4n) is 1.74. The highest BCUT2D eigenvalue weighted by atomic mass is 19.1. The van der Waals surface area contributed by atoms with Crippen molar-refractivity contribution in [2.75, 3.05) is 25.0 Å².